The zero-order chi connectivity index (χ0) is 17.3. The molecule has 0 aromatic rings. The van der Waals surface area contributed by atoms with Crippen molar-refractivity contribution in [3.8, 4) is 0 Å². The minimum Gasteiger partial charge on any atom is -0.359 e. The van der Waals surface area contributed by atoms with E-state index in [2.05, 4.69) is 27.5 Å². The summed E-state index contributed by atoms with van der Waals surface area (Å²) < 4.78 is 0. The Morgan fingerprint density at radius 2 is 1.78 bits per heavy atom. The first-order valence-electron chi connectivity index (χ1n) is 7.19. The first-order chi connectivity index (χ1) is 10.1. The number of aliphatic imine (C=N–C) groups is 1. The van der Waals surface area contributed by atoms with Gasteiger partial charge in [0.25, 0.3) is 0 Å². The Kier molecular flexibility index (Phi) is 11.7. The molecule has 0 aliphatic heterocycles. The predicted molar refractivity (Wildman–Crippen MR) is 105 cm³/mol. The van der Waals surface area contributed by atoms with Crippen molar-refractivity contribution in [2.75, 3.05) is 40.8 Å². The summed E-state index contributed by atoms with van der Waals surface area (Å²) in [6.45, 7) is 10.4. The van der Waals surface area contributed by atoms with Crippen LogP contribution in [0.25, 0.3) is 0 Å². The fraction of sp³-hybridized carbons (Fsp3) is 0.667. The summed E-state index contributed by atoms with van der Waals surface area (Å²) in [5.74, 6) is 0.320. The number of nitrogens with zero attached hydrogens (tertiary/aromatic N) is 2. The van der Waals surface area contributed by atoms with Gasteiger partial charge in [0.05, 0.1) is 5.41 Å². The molecule has 0 unspecified atom stereocenters. The molecular weight excluding hydrogens is 409 g/mol. The number of hydrogen-bond acceptors (Lipinski definition) is 3. The molecular formula is C15H30IN5O2. The summed E-state index contributed by atoms with van der Waals surface area (Å²) in [7, 11) is 4.97. The predicted octanol–water partition coefficient (Wildman–Crippen LogP) is 0.576. The van der Waals surface area contributed by atoms with Gasteiger partial charge in [-0.05, 0) is 20.8 Å². The van der Waals surface area contributed by atoms with E-state index in [-0.39, 0.29) is 42.3 Å². The van der Waals surface area contributed by atoms with Crippen LogP contribution in [0, 0.1) is 5.41 Å². The number of nitrogens with one attached hydrogen (secondary N) is 3. The number of halogens is 1. The maximum atomic E-state index is 11.8. The molecule has 2 amide bonds. The third-order valence-corrected chi connectivity index (χ3v) is 2.97. The van der Waals surface area contributed by atoms with Gasteiger partial charge in [0.1, 0.15) is 6.54 Å². The molecule has 8 heteroatoms. The lowest BCUT2D eigenvalue weighted by atomic mass is 9.92. The maximum Gasteiger partial charge on any atom is 0.243 e. The highest BCUT2D eigenvalue weighted by molar-refractivity contribution is 14.0. The van der Waals surface area contributed by atoms with Crippen molar-refractivity contribution in [2.45, 2.75) is 20.8 Å². The van der Waals surface area contributed by atoms with E-state index in [1.54, 1.807) is 21.1 Å². The summed E-state index contributed by atoms with van der Waals surface area (Å²) in [6.07, 6.45) is 0. The Labute approximate surface area is 156 Å². The molecule has 0 bridgehead atoms. The Morgan fingerprint density at radius 1 is 1.22 bits per heavy atom. The van der Waals surface area contributed by atoms with Gasteiger partial charge in [-0.25, -0.2) is 4.99 Å². The van der Waals surface area contributed by atoms with Crippen LogP contribution in [0.5, 0.6) is 0 Å². The monoisotopic (exact) mass is 439 g/mol. The maximum absolute atomic E-state index is 11.8. The summed E-state index contributed by atoms with van der Waals surface area (Å²) in [6, 6.07) is 0. The SMILES string of the molecule is C=C(C)CNC(=NCC(=O)N(C)C)NCC(C)(C)C(=O)NC.I. The molecule has 0 spiro atoms. The van der Waals surface area contributed by atoms with Crippen molar-refractivity contribution in [1.82, 2.24) is 20.9 Å². The lowest BCUT2D eigenvalue weighted by Crippen LogP contribution is -2.47. The highest BCUT2D eigenvalue weighted by Gasteiger charge is 2.26. The van der Waals surface area contributed by atoms with Gasteiger partial charge in [-0.3, -0.25) is 9.59 Å². The van der Waals surface area contributed by atoms with Crippen molar-refractivity contribution >= 4 is 41.8 Å². The van der Waals surface area contributed by atoms with Gasteiger partial charge in [0, 0.05) is 34.2 Å². The molecule has 0 saturated carbocycles. The van der Waals surface area contributed by atoms with E-state index in [9.17, 15) is 9.59 Å². The average Bonchev–Trinajstić information content (AvgIpc) is 2.44. The van der Waals surface area contributed by atoms with Gasteiger partial charge < -0.3 is 20.9 Å². The highest BCUT2D eigenvalue weighted by Crippen LogP contribution is 2.12. The van der Waals surface area contributed by atoms with Crippen molar-refractivity contribution in [1.29, 1.82) is 0 Å². The van der Waals surface area contributed by atoms with Gasteiger partial charge in [0.15, 0.2) is 5.96 Å². The zero-order valence-electron chi connectivity index (χ0n) is 14.9. The number of carbonyl (C=O) groups excluding carboxylic acids is 2. The fourth-order valence-corrected chi connectivity index (χ4v) is 1.42. The number of carbonyl (C=O) groups is 2. The number of guanidine groups is 1. The molecule has 0 heterocycles. The third kappa shape index (κ3) is 10.1. The van der Waals surface area contributed by atoms with Gasteiger partial charge >= 0.3 is 0 Å². The summed E-state index contributed by atoms with van der Waals surface area (Å²) in [5, 5.41) is 8.80. The van der Waals surface area contributed by atoms with Crippen molar-refractivity contribution in [2.24, 2.45) is 10.4 Å². The molecule has 3 N–H and O–H groups in total. The first-order valence-corrected chi connectivity index (χ1v) is 7.19. The van der Waals surface area contributed by atoms with Crippen LogP contribution in [0.3, 0.4) is 0 Å². The Morgan fingerprint density at radius 3 is 2.22 bits per heavy atom. The molecule has 0 atom stereocenters. The molecule has 0 aliphatic rings. The number of rotatable bonds is 7. The Balaban J connectivity index is 0. The minimum atomic E-state index is -0.591. The second-order valence-electron chi connectivity index (χ2n) is 6.08. The van der Waals surface area contributed by atoms with Crippen LogP contribution in [-0.4, -0.2) is 63.5 Å². The quantitative estimate of drug-likeness (QED) is 0.235. The van der Waals surface area contributed by atoms with Crippen molar-refractivity contribution in [3.05, 3.63) is 12.2 Å². The molecule has 0 aromatic heterocycles. The standard InChI is InChI=1S/C15H29N5O2.HI/c1-11(2)8-17-14(18-9-12(21)20(6)7)19-10-15(3,4)13(22)16-5;/h1,8-10H2,2-7H3,(H,16,22)(H2,17,18,19);1H. The normalized spacial score (nSPS) is 11.1. The largest absolute Gasteiger partial charge is 0.359 e. The van der Waals surface area contributed by atoms with Crippen LogP contribution in [0.15, 0.2) is 17.1 Å². The lowest BCUT2D eigenvalue weighted by molar-refractivity contribution is -0.128. The Hall–Kier alpha value is -1.32. The molecule has 134 valence electrons. The summed E-state index contributed by atoms with van der Waals surface area (Å²) in [5.41, 5.74) is 0.352. The summed E-state index contributed by atoms with van der Waals surface area (Å²) >= 11 is 0. The second-order valence-corrected chi connectivity index (χ2v) is 6.08. The molecule has 0 radical (unpaired) electrons. The van der Waals surface area contributed by atoms with E-state index >= 15 is 0 Å². The van der Waals surface area contributed by atoms with Crippen LogP contribution in [0.2, 0.25) is 0 Å². The van der Waals surface area contributed by atoms with Gasteiger partial charge in [-0.2, -0.15) is 0 Å². The molecule has 0 rings (SSSR count). The number of amides is 2. The summed E-state index contributed by atoms with van der Waals surface area (Å²) in [4.78, 5) is 29.1. The minimum absolute atomic E-state index is 0. The van der Waals surface area contributed by atoms with Crippen molar-refractivity contribution < 1.29 is 9.59 Å². The lowest BCUT2D eigenvalue weighted by Gasteiger charge is -2.24. The molecule has 0 fully saturated rings. The van der Waals surface area contributed by atoms with E-state index in [4.69, 9.17) is 0 Å². The van der Waals surface area contributed by atoms with Crippen LogP contribution in [-0.2, 0) is 9.59 Å². The molecule has 7 nitrogen and oxygen atoms in total. The average molecular weight is 439 g/mol. The van der Waals surface area contributed by atoms with Crippen LogP contribution in [0.1, 0.15) is 20.8 Å². The van der Waals surface area contributed by atoms with E-state index < -0.39 is 5.41 Å². The van der Waals surface area contributed by atoms with E-state index in [0.717, 1.165) is 5.57 Å². The van der Waals surface area contributed by atoms with E-state index in [1.165, 1.54) is 4.90 Å². The van der Waals surface area contributed by atoms with Crippen LogP contribution >= 0.6 is 24.0 Å². The second kappa shape index (κ2) is 11.3. The van der Waals surface area contributed by atoms with Gasteiger partial charge in [-0.1, -0.05) is 12.2 Å². The van der Waals surface area contributed by atoms with Crippen molar-refractivity contribution in [3.63, 3.8) is 0 Å². The van der Waals surface area contributed by atoms with Crippen LogP contribution < -0.4 is 16.0 Å². The number of likely N-dealkylation sites (N-methyl/N-ethyl adjacent to an activating group) is 1. The molecule has 0 aromatic carbocycles. The number of hydrogen-bond donors (Lipinski definition) is 3. The van der Waals surface area contributed by atoms with Gasteiger partial charge in [-0.15, -0.1) is 24.0 Å². The molecule has 23 heavy (non-hydrogen) atoms. The Bertz CT molecular complexity index is 447. The van der Waals surface area contributed by atoms with E-state index in [0.29, 0.717) is 19.0 Å². The smallest absolute Gasteiger partial charge is 0.243 e. The highest BCUT2D eigenvalue weighted by atomic mass is 127. The third-order valence-electron chi connectivity index (χ3n) is 2.97. The molecule has 0 aliphatic carbocycles. The first kappa shape index (κ1) is 23.9. The zero-order valence-corrected chi connectivity index (χ0v) is 17.3. The molecule has 0 saturated heterocycles. The van der Waals surface area contributed by atoms with Crippen LogP contribution in [0.4, 0.5) is 0 Å². The van der Waals surface area contributed by atoms with Gasteiger partial charge in [0.2, 0.25) is 11.8 Å². The topological polar surface area (TPSA) is 85.8 Å². The fourth-order valence-electron chi connectivity index (χ4n) is 1.42. The van der Waals surface area contributed by atoms with E-state index in [1.807, 2.05) is 20.8 Å².